The third-order valence-electron chi connectivity index (χ3n) is 5.09. The van der Waals surface area contributed by atoms with Gasteiger partial charge in [-0.1, -0.05) is 38.1 Å². The first kappa shape index (κ1) is 26.8. The second-order valence-electron chi connectivity index (χ2n) is 7.04. The fourth-order valence-electron chi connectivity index (χ4n) is 3.13. The van der Waals surface area contributed by atoms with Crippen LogP contribution in [-0.4, -0.2) is 55.0 Å². The zero-order valence-corrected chi connectivity index (χ0v) is 22.2. The van der Waals surface area contributed by atoms with Crippen molar-refractivity contribution in [3.63, 3.8) is 0 Å². The summed E-state index contributed by atoms with van der Waals surface area (Å²) in [5.41, 5.74) is 3.69. The van der Waals surface area contributed by atoms with Crippen molar-refractivity contribution in [2.45, 2.75) is 46.5 Å². The van der Waals surface area contributed by atoms with Crippen LogP contribution in [0.15, 0.2) is 34.6 Å². The van der Waals surface area contributed by atoms with Crippen molar-refractivity contribution in [1.29, 1.82) is 0 Å². The number of thiazole rings is 1. The number of ether oxygens (including phenoxy) is 1. The first-order valence-electron chi connectivity index (χ1n) is 10.2. The van der Waals surface area contributed by atoms with Gasteiger partial charge in [-0.15, -0.1) is 35.3 Å². The van der Waals surface area contributed by atoms with Crippen molar-refractivity contribution in [2.24, 2.45) is 4.99 Å². The SMILES string of the molecule is CCN(CC)Cc1ccccc1CNC(=NC)N(C)Cc1csc(C(C)OC)n1.I. The molecule has 0 aliphatic rings. The third kappa shape index (κ3) is 7.79. The number of nitrogens with zero attached hydrogens (tertiary/aromatic N) is 4. The van der Waals surface area contributed by atoms with Crippen LogP contribution in [0.2, 0.25) is 0 Å². The molecule has 1 aromatic carbocycles. The lowest BCUT2D eigenvalue weighted by molar-refractivity contribution is 0.119. The molecule has 0 radical (unpaired) electrons. The highest BCUT2D eigenvalue weighted by Crippen LogP contribution is 2.21. The second kappa shape index (κ2) is 14.0. The van der Waals surface area contributed by atoms with Crippen LogP contribution in [0.25, 0.3) is 0 Å². The summed E-state index contributed by atoms with van der Waals surface area (Å²) in [7, 11) is 5.57. The molecule has 0 saturated heterocycles. The van der Waals surface area contributed by atoms with Gasteiger partial charge in [0.15, 0.2) is 5.96 Å². The minimum Gasteiger partial charge on any atom is -0.375 e. The van der Waals surface area contributed by atoms with Crippen LogP contribution in [0.5, 0.6) is 0 Å². The number of guanidine groups is 1. The first-order valence-corrected chi connectivity index (χ1v) is 11.1. The van der Waals surface area contributed by atoms with E-state index in [0.29, 0.717) is 6.54 Å². The van der Waals surface area contributed by atoms with Gasteiger partial charge in [0.25, 0.3) is 0 Å². The van der Waals surface area contributed by atoms with Crippen molar-refractivity contribution in [3.8, 4) is 0 Å². The summed E-state index contributed by atoms with van der Waals surface area (Å²) in [6, 6.07) is 8.63. The summed E-state index contributed by atoms with van der Waals surface area (Å²) in [6.45, 7) is 11.0. The molecule has 0 spiro atoms. The number of nitrogens with one attached hydrogen (secondary N) is 1. The zero-order chi connectivity index (χ0) is 21.2. The van der Waals surface area contributed by atoms with E-state index in [1.165, 1.54) is 11.1 Å². The van der Waals surface area contributed by atoms with Crippen molar-refractivity contribution in [3.05, 3.63) is 51.5 Å². The van der Waals surface area contributed by atoms with E-state index in [1.54, 1.807) is 18.4 Å². The number of methoxy groups -OCH3 is 1. The minimum absolute atomic E-state index is 0. The topological polar surface area (TPSA) is 53.0 Å². The summed E-state index contributed by atoms with van der Waals surface area (Å²) in [6.07, 6.45) is 0.0267. The summed E-state index contributed by atoms with van der Waals surface area (Å²) in [4.78, 5) is 13.7. The number of aromatic nitrogens is 1. The van der Waals surface area contributed by atoms with Crippen LogP contribution in [0.4, 0.5) is 0 Å². The van der Waals surface area contributed by atoms with E-state index in [0.717, 1.165) is 42.8 Å². The Labute approximate surface area is 202 Å². The van der Waals surface area contributed by atoms with Gasteiger partial charge in [0, 0.05) is 39.7 Å². The van der Waals surface area contributed by atoms with Gasteiger partial charge in [0.05, 0.1) is 12.2 Å². The second-order valence-corrected chi connectivity index (χ2v) is 7.93. The van der Waals surface area contributed by atoms with Crippen LogP contribution >= 0.6 is 35.3 Å². The quantitative estimate of drug-likeness (QED) is 0.271. The molecule has 8 heteroatoms. The number of hydrogen-bond acceptors (Lipinski definition) is 5. The van der Waals surface area contributed by atoms with E-state index in [2.05, 4.69) is 68.6 Å². The van der Waals surface area contributed by atoms with Crippen LogP contribution in [0.3, 0.4) is 0 Å². The molecule has 30 heavy (non-hydrogen) atoms. The molecule has 2 aromatic rings. The lowest BCUT2D eigenvalue weighted by Gasteiger charge is -2.23. The van der Waals surface area contributed by atoms with Crippen LogP contribution < -0.4 is 5.32 Å². The first-order chi connectivity index (χ1) is 14.0. The lowest BCUT2D eigenvalue weighted by atomic mass is 10.1. The molecule has 0 aliphatic heterocycles. The van der Waals surface area contributed by atoms with E-state index in [4.69, 9.17) is 4.74 Å². The average Bonchev–Trinajstić information content (AvgIpc) is 3.21. The Hall–Kier alpha value is -1.23. The summed E-state index contributed by atoms with van der Waals surface area (Å²) in [5, 5.41) is 6.60. The summed E-state index contributed by atoms with van der Waals surface area (Å²) >= 11 is 1.64. The Bertz CT molecular complexity index is 778. The fraction of sp³-hybridized carbons (Fsp3) is 0.545. The Balaban J connectivity index is 0.00000450. The Morgan fingerprint density at radius 2 is 1.87 bits per heavy atom. The monoisotopic (exact) mass is 545 g/mol. The van der Waals surface area contributed by atoms with E-state index < -0.39 is 0 Å². The maximum Gasteiger partial charge on any atom is 0.194 e. The molecule has 1 N–H and O–H groups in total. The molecule has 0 fully saturated rings. The molecule has 1 heterocycles. The van der Waals surface area contributed by atoms with Crippen molar-refractivity contribution in [1.82, 2.24) is 20.1 Å². The smallest absolute Gasteiger partial charge is 0.194 e. The fourth-order valence-corrected chi connectivity index (χ4v) is 3.97. The number of rotatable bonds is 10. The van der Waals surface area contributed by atoms with Crippen molar-refractivity contribution >= 4 is 41.3 Å². The molecular formula is C22H36IN5OS. The van der Waals surface area contributed by atoms with E-state index in [-0.39, 0.29) is 30.1 Å². The molecule has 1 aromatic heterocycles. The Kier molecular flexibility index (Phi) is 12.5. The Morgan fingerprint density at radius 3 is 2.47 bits per heavy atom. The van der Waals surface area contributed by atoms with Gasteiger partial charge in [-0.3, -0.25) is 9.89 Å². The maximum atomic E-state index is 5.36. The van der Waals surface area contributed by atoms with Gasteiger partial charge in [-0.25, -0.2) is 4.98 Å². The van der Waals surface area contributed by atoms with E-state index in [9.17, 15) is 0 Å². The predicted octanol–water partition coefficient (Wildman–Crippen LogP) is 4.52. The van der Waals surface area contributed by atoms with Crippen LogP contribution in [-0.2, 0) is 24.4 Å². The number of halogens is 1. The number of benzene rings is 1. The molecule has 0 bridgehead atoms. The number of aliphatic imine (C=N–C) groups is 1. The van der Waals surface area contributed by atoms with E-state index >= 15 is 0 Å². The van der Waals surface area contributed by atoms with Gasteiger partial charge in [0.2, 0.25) is 0 Å². The highest BCUT2D eigenvalue weighted by Gasteiger charge is 2.13. The van der Waals surface area contributed by atoms with E-state index in [1.807, 2.05) is 21.0 Å². The normalized spacial score (nSPS) is 12.6. The average molecular weight is 546 g/mol. The molecule has 0 aliphatic carbocycles. The molecule has 6 nitrogen and oxygen atoms in total. The molecule has 0 saturated carbocycles. The zero-order valence-electron chi connectivity index (χ0n) is 19.0. The van der Waals surface area contributed by atoms with Gasteiger partial charge in [-0.2, -0.15) is 0 Å². The van der Waals surface area contributed by atoms with Gasteiger partial charge in [-0.05, 0) is 31.1 Å². The lowest BCUT2D eigenvalue weighted by Crippen LogP contribution is -2.38. The highest BCUT2D eigenvalue weighted by atomic mass is 127. The highest BCUT2D eigenvalue weighted by molar-refractivity contribution is 14.0. The Morgan fingerprint density at radius 1 is 1.20 bits per heavy atom. The van der Waals surface area contributed by atoms with Crippen molar-refractivity contribution < 1.29 is 4.74 Å². The molecular weight excluding hydrogens is 509 g/mol. The van der Waals surface area contributed by atoms with Gasteiger partial charge < -0.3 is 15.0 Å². The standard InChI is InChI=1S/C22H35N5OS.HI/c1-7-27(8-2)14-19-12-10-9-11-18(19)13-24-22(23-4)26(5)15-20-16-29-21(25-20)17(3)28-6;/h9-12,16-17H,7-8,13-15H2,1-6H3,(H,23,24);1H. The molecule has 1 unspecified atom stereocenters. The molecule has 2 rings (SSSR count). The van der Waals surface area contributed by atoms with Gasteiger partial charge >= 0.3 is 0 Å². The third-order valence-corrected chi connectivity index (χ3v) is 6.14. The summed E-state index contributed by atoms with van der Waals surface area (Å²) in [5.74, 6) is 0.858. The largest absolute Gasteiger partial charge is 0.375 e. The number of hydrogen-bond donors (Lipinski definition) is 1. The van der Waals surface area contributed by atoms with Crippen molar-refractivity contribution in [2.75, 3.05) is 34.3 Å². The summed E-state index contributed by atoms with van der Waals surface area (Å²) < 4.78 is 5.36. The molecule has 168 valence electrons. The van der Waals surface area contributed by atoms with Crippen LogP contribution in [0, 0.1) is 0 Å². The molecule has 1 atom stereocenters. The van der Waals surface area contributed by atoms with Gasteiger partial charge in [0.1, 0.15) is 11.1 Å². The molecule has 0 amide bonds. The maximum absolute atomic E-state index is 5.36. The van der Waals surface area contributed by atoms with Crippen LogP contribution in [0.1, 0.15) is 48.7 Å². The minimum atomic E-state index is 0. The predicted molar refractivity (Wildman–Crippen MR) is 138 cm³/mol.